The molecule has 7 amide bonds. The summed E-state index contributed by atoms with van der Waals surface area (Å²) in [5.74, 6) is -4.19. The summed E-state index contributed by atoms with van der Waals surface area (Å²) in [6, 6.07) is 0.924. The number of hydrogen-bond donors (Lipinski definition) is 9. The van der Waals surface area contributed by atoms with Crippen LogP contribution in [0.4, 0.5) is 0 Å². The van der Waals surface area contributed by atoms with Crippen molar-refractivity contribution in [2.75, 3.05) is 37.2 Å². The van der Waals surface area contributed by atoms with Crippen molar-refractivity contribution in [2.24, 2.45) is 17.6 Å². The van der Waals surface area contributed by atoms with Gasteiger partial charge in [0.05, 0.1) is 18.8 Å². The highest BCUT2D eigenvalue weighted by atomic mass is 32.2. The van der Waals surface area contributed by atoms with Crippen LogP contribution in [-0.4, -0.2) is 148 Å². The van der Waals surface area contributed by atoms with Crippen molar-refractivity contribution >= 4 is 64.9 Å². The number of aliphatic hydroxyl groups is 2. The van der Waals surface area contributed by atoms with Gasteiger partial charge in [-0.2, -0.15) is 23.5 Å². The summed E-state index contributed by atoms with van der Waals surface area (Å²) < 4.78 is 0. The largest absolute Gasteiger partial charge is 0.394 e. The van der Waals surface area contributed by atoms with Gasteiger partial charge < -0.3 is 52.7 Å². The number of rotatable bonds is 26. The molecule has 0 unspecified atom stereocenters. The Hall–Kier alpha value is -3.91. The molecule has 344 valence electrons. The molecule has 0 aromatic heterocycles. The van der Waals surface area contributed by atoms with E-state index in [2.05, 4.69) is 31.9 Å². The summed E-state index contributed by atoms with van der Waals surface area (Å²) in [6.45, 7) is 10.1. The molecule has 1 saturated heterocycles. The number of hydrogen-bond acceptors (Lipinski definition) is 12. The summed E-state index contributed by atoms with van der Waals surface area (Å²) in [4.78, 5) is 96.7. The summed E-state index contributed by atoms with van der Waals surface area (Å²) in [6.07, 6.45) is 4.88. The lowest BCUT2D eigenvalue weighted by atomic mass is 9.99. The van der Waals surface area contributed by atoms with E-state index in [1.54, 1.807) is 18.7 Å². The Morgan fingerprint density at radius 3 is 1.79 bits per heavy atom. The smallest absolute Gasteiger partial charge is 0.245 e. The standard InChI is InChI=1S/C42H70N8O9S2/c1-24(2)21-31(38(55)47-33(23-51)39(56)46-32(22-28-14-10-9-11-15-28)42(59)50-18-12-13-26(50)5)45-40(57)34(25(3)4)48-37(54)30(17-20-61-8)44-41(58)35(27(6)52)49-36(53)29(43)16-19-60-7/h9-11,14-15,24-27,29-35,51-52H,12-13,16-23,43H2,1-8H3,(H,44,58)(H,45,57)(H,46,56)(H,47,55)(H,48,54)(H,49,53)/t26-,27-,29+,30+,31+,32+,33+,34+,35+/m1/s1. The van der Waals surface area contributed by atoms with E-state index in [4.69, 9.17) is 5.73 Å². The van der Waals surface area contributed by atoms with Gasteiger partial charge in [0.2, 0.25) is 41.4 Å². The topological polar surface area (TPSA) is 261 Å². The van der Waals surface area contributed by atoms with Crippen LogP contribution in [0.25, 0.3) is 0 Å². The minimum Gasteiger partial charge on any atom is -0.394 e. The highest BCUT2D eigenvalue weighted by Crippen LogP contribution is 2.19. The Labute approximate surface area is 369 Å². The first-order valence-electron chi connectivity index (χ1n) is 21.0. The lowest BCUT2D eigenvalue weighted by Crippen LogP contribution is -2.62. The van der Waals surface area contributed by atoms with Gasteiger partial charge in [0.1, 0.15) is 36.3 Å². The second kappa shape index (κ2) is 27.2. The van der Waals surface area contributed by atoms with Crippen molar-refractivity contribution in [1.82, 2.24) is 36.8 Å². The molecule has 0 aliphatic carbocycles. The van der Waals surface area contributed by atoms with E-state index in [0.29, 0.717) is 24.5 Å². The Bertz CT molecular complexity index is 1590. The molecule has 17 nitrogen and oxygen atoms in total. The van der Waals surface area contributed by atoms with Crippen LogP contribution in [0, 0.1) is 11.8 Å². The van der Waals surface area contributed by atoms with Crippen LogP contribution in [0.15, 0.2) is 30.3 Å². The summed E-state index contributed by atoms with van der Waals surface area (Å²) >= 11 is 2.93. The van der Waals surface area contributed by atoms with Gasteiger partial charge in [-0.3, -0.25) is 33.6 Å². The molecule has 1 aliphatic rings. The number of carbonyl (C=O) groups excluding carboxylic acids is 7. The van der Waals surface area contributed by atoms with Crippen LogP contribution in [0.1, 0.15) is 79.2 Å². The molecule has 1 aromatic carbocycles. The number of amides is 7. The Morgan fingerprint density at radius 1 is 0.721 bits per heavy atom. The highest BCUT2D eigenvalue weighted by molar-refractivity contribution is 7.98. The number of carbonyl (C=O) groups is 7. The molecule has 1 heterocycles. The fourth-order valence-corrected chi connectivity index (χ4v) is 7.77. The van der Waals surface area contributed by atoms with Crippen LogP contribution in [0.3, 0.4) is 0 Å². The second-order valence-corrected chi connectivity index (χ2v) is 18.4. The molecular weight excluding hydrogens is 825 g/mol. The van der Waals surface area contributed by atoms with Gasteiger partial charge in [-0.15, -0.1) is 0 Å². The number of aliphatic hydroxyl groups excluding tert-OH is 2. The number of thioether (sulfide) groups is 2. The van der Waals surface area contributed by atoms with Crippen molar-refractivity contribution in [3.8, 4) is 0 Å². The Kier molecular flexibility index (Phi) is 23.7. The molecule has 0 bridgehead atoms. The van der Waals surface area contributed by atoms with Crippen molar-refractivity contribution < 1.29 is 43.8 Å². The van der Waals surface area contributed by atoms with Gasteiger partial charge >= 0.3 is 0 Å². The highest BCUT2D eigenvalue weighted by Gasteiger charge is 2.37. The fourth-order valence-electron chi connectivity index (χ4n) is 6.81. The average Bonchev–Trinajstić information content (AvgIpc) is 3.65. The van der Waals surface area contributed by atoms with Crippen molar-refractivity contribution in [3.05, 3.63) is 35.9 Å². The predicted molar refractivity (Wildman–Crippen MR) is 239 cm³/mol. The second-order valence-electron chi connectivity index (χ2n) is 16.4. The van der Waals surface area contributed by atoms with Crippen LogP contribution < -0.4 is 37.6 Å². The van der Waals surface area contributed by atoms with E-state index in [1.807, 2.05) is 63.6 Å². The minimum absolute atomic E-state index is 0.00297. The SMILES string of the molecule is CSCC[C@H](NC(=O)[C@@H](NC(=O)[C@@H](N)CCSC)[C@@H](C)O)C(=O)N[C@H](C(=O)N[C@@H](CC(C)C)C(=O)N[C@@H](CO)C(=O)N[C@@H](Cc1ccccc1)C(=O)N1CCC[C@H]1C)C(C)C. The number of nitrogens with two attached hydrogens (primary N) is 1. The maximum absolute atomic E-state index is 13.9. The summed E-state index contributed by atoms with van der Waals surface area (Å²) in [5, 5.41) is 36.5. The molecule has 1 fully saturated rings. The molecule has 0 radical (unpaired) electrons. The number of nitrogens with one attached hydrogen (secondary N) is 6. The zero-order valence-corrected chi connectivity index (χ0v) is 38.5. The average molecular weight is 895 g/mol. The first kappa shape index (κ1) is 53.2. The normalized spacial score (nSPS) is 17.9. The number of benzene rings is 1. The van der Waals surface area contributed by atoms with Crippen molar-refractivity contribution in [2.45, 2.75) is 135 Å². The van der Waals surface area contributed by atoms with E-state index in [1.165, 1.54) is 30.4 Å². The summed E-state index contributed by atoms with van der Waals surface area (Å²) in [5.41, 5.74) is 6.78. The van der Waals surface area contributed by atoms with Gasteiger partial charge in [-0.1, -0.05) is 58.0 Å². The zero-order chi connectivity index (χ0) is 45.8. The van der Waals surface area contributed by atoms with Crippen molar-refractivity contribution in [3.63, 3.8) is 0 Å². The molecule has 61 heavy (non-hydrogen) atoms. The molecule has 1 aliphatic heterocycles. The van der Waals surface area contributed by atoms with Gasteiger partial charge in [-0.25, -0.2) is 0 Å². The molecular formula is C42H70N8O9S2. The molecule has 9 atom stereocenters. The molecule has 1 aromatic rings. The van der Waals surface area contributed by atoms with E-state index >= 15 is 0 Å². The molecule has 19 heteroatoms. The van der Waals surface area contributed by atoms with Crippen molar-refractivity contribution in [1.29, 1.82) is 0 Å². The van der Waals surface area contributed by atoms with Crippen LogP contribution >= 0.6 is 23.5 Å². The third-order valence-electron chi connectivity index (χ3n) is 10.4. The summed E-state index contributed by atoms with van der Waals surface area (Å²) in [7, 11) is 0. The third kappa shape index (κ3) is 17.8. The van der Waals surface area contributed by atoms with Crippen LogP contribution in [0.2, 0.25) is 0 Å². The number of nitrogens with zero attached hydrogens (tertiary/aromatic N) is 1. The first-order chi connectivity index (χ1) is 28.8. The van der Waals surface area contributed by atoms with Crippen LogP contribution in [0.5, 0.6) is 0 Å². The van der Waals surface area contributed by atoms with E-state index in [-0.39, 0.29) is 37.1 Å². The predicted octanol–water partition coefficient (Wildman–Crippen LogP) is 0.0575. The van der Waals surface area contributed by atoms with Gasteiger partial charge in [-0.05, 0) is 87.4 Å². The molecule has 10 N–H and O–H groups in total. The lowest BCUT2D eigenvalue weighted by molar-refractivity contribution is -0.138. The quantitative estimate of drug-likeness (QED) is 0.0599. The fraction of sp³-hybridized carbons (Fsp3) is 0.690. The maximum atomic E-state index is 13.9. The Morgan fingerprint density at radius 2 is 1.25 bits per heavy atom. The van der Waals surface area contributed by atoms with Gasteiger partial charge in [0.15, 0.2) is 0 Å². The first-order valence-corrected chi connectivity index (χ1v) is 23.8. The molecule has 0 spiro atoms. The lowest BCUT2D eigenvalue weighted by Gasteiger charge is -2.30. The third-order valence-corrected chi connectivity index (χ3v) is 11.7. The van der Waals surface area contributed by atoms with E-state index in [0.717, 1.165) is 18.4 Å². The molecule has 0 saturated carbocycles. The number of likely N-dealkylation sites (tertiary alicyclic amines) is 1. The Balaban J connectivity index is 2.23. The van der Waals surface area contributed by atoms with Gasteiger partial charge in [0.25, 0.3) is 0 Å². The van der Waals surface area contributed by atoms with E-state index < -0.39 is 96.4 Å². The maximum Gasteiger partial charge on any atom is 0.245 e. The van der Waals surface area contributed by atoms with E-state index in [9.17, 15) is 43.8 Å². The van der Waals surface area contributed by atoms with Gasteiger partial charge in [0, 0.05) is 19.0 Å². The monoisotopic (exact) mass is 894 g/mol. The molecule has 2 rings (SSSR count). The zero-order valence-electron chi connectivity index (χ0n) is 36.9. The minimum atomic E-state index is -1.45. The van der Waals surface area contributed by atoms with Crippen LogP contribution in [-0.2, 0) is 40.0 Å².